The van der Waals surface area contributed by atoms with Gasteiger partial charge in [-0.3, -0.25) is 14.2 Å². The number of rotatable bonds is 57. The minimum Gasteiger partial charge on any atom is -0.756 e. The van der Waals surface area contributed by atoms with Crippen LogP contribution >= 0.6 is 7.82 Å². The Morgan fingerprint density at radius 2 is 0.810 bits per heavy atom. The molecule has 3 unspecified atom stereocenters. The summed E-state index contributed by atoms with van der Waals surface area (Å²) in [4.78, 5) is 40.0. The van der Waals surface area contributed by atoms with Gasteiger partial charge in [0.05, 0.1) is 33.8 Å². The predicted molar refractivity (Wildman–Crippen MR) is 339 cm³/mol. The second-order valence-corrected chi connectivity index (χ2v) is 23.9. The number of ether oxygens (including phenoxy) is 1. The maximum Gasteiger partial charge on any atom is 0.306 e. The molecule has 0 bridgehead atoms. The average Bonchev–Trinajstić information content (AvgIpc) is 3.41. The molecule has 1 amide bonds. The van der Waals surface area contributed by atoms with E-state index in [1.807, 2.05) is 33.3 Å². The molecule has 0 fully saturated rings. The Morgan fingerprint density at radius 1 is 0.456 bits per heavy atom. The second-order valence-electron chi connectivity index (χ2n) is 22.5. The lowest BCUT2D eigenvalue weighted by Gasteiger charge is -2.30. The Morgan fingerprint density at radius 3 is 1.25 bits per heavy atom. The van der Waals surface area contributed by atoms with E-state index in [1.165, 1.54) is 109 Å². The van der Waals surface area contributed by atoms with Crippen molar-refractivity contribution in [3.05, 3.63) is 109 Å². The summed E-state index contributed by atoms with van der Waals surface area (Å²) < 4.78 is 30.3. The van der Waals surface area contributed by atoms with Gasteiger partial charge in [0, 0.05) is 12.8 Å². The molecule has 79 heavy (non-hydrogen) atoms. The smallest absolute Gasteiger partial charge is 0.306 e. The number of allylic oxidation sites excluding steroid dienone is 17. The lowest BCUT2D eigenvalue weighted by Crippen LogP contribution is -2.47. The molecule has 0 saturated carbocycles. The fourth-order valence-corrected chi connectivity index (χ4v) is 9.45. The van der Waals surface area contributed by atoms with Crippen LogP contribution in [-0.4, -0.2) is 69.4 Å². The van der Waals surface area contributed by atoms with Crippen LogP contribution in [0.25, 0.3) is 0 Å². The van der Waals surface area contributed by atoms with E-state index < -0.39 is 26.6 Å². The minimum absolute atomic E-state index is 0.0340. The highest BCUT2D eigenvalue weighted by Crippen LogP contribution is 2.38. The Hall–Kier alpha value is -3.33. The van der Waals surface area contributed by atoms with Gasteiger partial charge >= 0.3 is 5.97 Å². The highest BCUT2D eigenvalue weighted by atomic mass is 31.2. The van der Waals surface area contributed by atoms with Crippen molar-refractivity contribution in [3.8, 4) is 0 Å². The molecule has 0 aromatic carbocycles. The van der Waals surface area contributed by atoms with Gasteiger partial charge in [-0.15, -0.1) is 0 Å². The van der Waals surface area contributed by atoms with Gasteiger partial charge in [-0.05, 0) is 115 Å². The van der Waals surface area contributed by atoms with E-state index in [4.69, 9.17) is 13.8 Å². The van der Waals surface area contributed by atoms with Crippen LogP contribution in [0.3, 0.4) is 0 Å². The number of hydrogen-bond donors (Lipinski definition) is 1. The van der Waals surface area contributed by atoms with Gasteiger partial charge in [-0.25, -0.2) is 0 Å². The number of nitrogens with zero attached hydrogens (tertiary/aromatic N) is 1. The molecule has 454 valence electrons. The molecule has 0 aliphatic carbocycles. The van der Waals surface area contributed by atoms with Crippen molar-refractivity contribution >= 4 is 19.7 Å². The number of carbonyl (C=O) groups excluding carboxylic acids is 2. The number of phosphoric ester groups is 1. The third-order valence-corrected chi connectivity index (χ3v) is 14.7. The van der Waals surface area contributed by atoms with Crippen molar-refractivity contribution < 1.29 is 37.3 Å². The Bertz CT molecular complexity index is 1720. The van der Waals surface area contributed by atoms with Crippen LogP contribution in [0.15, 0.2) is 109 Å². The SMILES string of the molecule is CC/C=C\C/C=C\C/C=C\C/C=C\C/C=C\CCCCCC(=O)OC(/C=C\CCCCCCCCCCC)C(COP(=O)([O-])OCC[N+](C)(C)C)NC(=O)CCCCCCCCCCCC/C=C\C/C=C\C/C=C\CCCCC. The van der Waals surface area contributed by atoms with Crippen LogP contribution in [0.5, 0.6) is 0 Å². The number of phosphoric acid groups is 1. The summed E-state index contributed by atoms with van der Waals surface area (Å²) in [6, 6.07) is -0.911. The zero-order chi connectivity index (χ0) is 57.9. The topological polar surface area (TPSA) is 114 Å². The van der Waals surface area contributed by atoms with Crippen LogP contribution in [-0.2, 0) is 27.9 Å². The van der Waals surface area contributed by atoms with Gasteiger partial charge in [0.15, 0.2) is 0 Å². The van der Waals surface area contributed by atoms with Crippen LogP contribution in [0.4, 0.5) is 0 Å². The number of nitrogens with one attached hydrogen (secondary N) is 1. The lowest BCUT2D eigenvalue weighted by molar-refractivity contribution is -0.870. The van der Waals surface area contributed by atoms with Crippen molar-refractivity contribution in [3.63, 3.8) is 0 Å². The summed E-state index contributed by atoms with van der Waals surface area (Å²) in [6.07, 6.45) is 79.1. The molecule has 3 atom stereocenters. The van der Waals surface area contributed by atoms with E-state index >= 15 is 0 Å². The first-order valence-corrected chi connectivity index (χ1v) is 33.7. The van der Waals surface area contributed by atoms with Gasteiger partial charge < -0.3 is 28.5 Å². The van der Waals surface area contributed by atoms with Crippen LogP contribution < -0.4 is 10.2 Å². The number of hydrogen-bond acceptors (Lipinski definition) is 7. The van der Waals surface area contributed by atoms with Crippen LogP contribution in [0, 0.1) is 0 Å². The maximum absolute atomic E-state index is 13.6. The molecular formula is C69H121N2O7P. The molecule has 0 saturated heterocycles. The van der Waals surface area contributed by atoms with E-state index in [9.17, 15) is 19.0 Å². The fraction of sp³-hybridized carbons (Fsp3) is 0.710. The number of amides is 1. The summed E-state index contributed by atoms with van der Waals surface area (Å²) in [7, 11) is 1.15. The average molecular weight is 1120 g/mol. The molecule has 9 nitrogen and oxygen atoms in total. The molecule has 10 heteroatoms. The fourth-order valence-electron chi connectivity index (χ4n) is 8.73. The molecule has 0 aliphatic rings. The second kappa shape index (κ2) is 57.9. The molecule has 0 rings (SSSR count). The summed E-state index contributed by atoms with van der Waals surface area (Å²) in [6.45, 7) is 6.67. The van der Waals surface area contributed by atoms with E-state index in [-0.39, 0.29) is 24.9 Å². The summed E-state index contributed by atoms with van der Waals surface area (Å²) in [5.74, 6) is -0.588. The van der Waals surface area contributed by atoms with Crippen molar-refractivity contribution in [2.75, 3.05) is 40.9 Å². The monoisotopic (exact) mass is 1120 g/mol. The standard InChI is InChI=1S/C69H121N2O7P/c1-7-10-13-16-19-22-25-27-29-31-33-34-35-36-38-39-41-43-46-49-52-55-58-61-68(72)70-66(65-77-79(74,75)76-64-63-71(4,5)6)67(60-57-54-51-48-45-24-21-18-15-12-9-3)78-69(73)62-59-56-53-50-47-44-42-40-37-32-30-28-26-23-20-17-14-11-8-2/h11,14,19-20,22-23,27-30,33-34,37,40,44,47,57,60,66-67H,7-10,12-13,15-18,21,24-26,31-32,35-36,38-39,41-43,45-46,48-56,58-59,61-65H2,1-6H3,(H-,70,72,74,75)/b14-11-,22-19-,23-20-,29-27-,30-28-,34-33-,40-37-,47-44-,60-57-. The maximum atomic E-state index is 13.6. The Kier molecular flexibility index (Phi) is 55.4. The van der Waals surface area contributed by atoms with E-state index in [0.717, 1.165) is 116 Å². The lowest BCUT2D eigenvalue weighted by atomic mass is 10.0. The summed E-state index contributed by atoms with van der Waals surface area (Å²) in [5, 5.41) is 3.02. The number of quaternary nitrogens is 1. The predicted octanol–water partition coefficient (Wildman–Crippen LogP) is 19.5. The normalized spacial score (nSPS) is 14.4. The first kappa shape index (κ1) is 75.7. The first-order chi connectivity index (χ1) is 38.4. The third-order valence-electron chi connectivity index (χ3n) is 13.7. The zero-order valence-electron chi connectivity index (χ0n) is 51.8. The zero-order valence-corrected chi connectivity index (χ0v) is 52.7. The number of esters is 1. The van der Waals surface area contributed by atoms with Gasteiger partial charge in [0.2, 0.25) is 5.91 Å². The molecule has 0 aromatic rings. The minimum atomic E-state index is -4.71. The first-order valence-electron chi connectivity index (χ1n) is 32.2. The molecule has 0 spiro atoms. The number of likely N-dealkylation sites (N-methyl/N-ethyl adjacent to an activating group) is 1. The summed E-state index contributed by atoms with van der Waals surface area (Å²) >= 11 is 0. The van der Waals surface area contributed by atoms with Crippen molar-refractivity contribution in [1.29, 1.82) is 0 Å². The highest BCUT2D eigenvalue weighted by molar-refractivity contribution is 7.45. The quantitative estimate of drug-likeness (QED) is 0.0212. The van der Waals surface area contributed by atoms with Crippen molar-refractivity contribution in [2.45, 2.75) is 277 Å². The molecular weight excluding hydrogens is 1000 g/mol. The molecule has 0 heterocycles. The molecule has 0 aromatic heterocycles. The highest BCUT2D eigenvalue weighted by Gasteiger charge is 2.27. The largest absolute Gasteiger partial charge is 0.756 e. The van der Waals surface area contributed by atoms with E-state index in [1.54, 1.807) is 0 Å². The molecule has 0 radical (unpaired) electrons. The van der Waals surface area contributed by atoms with Gasteiger partial charge in [0.1, 0.15) is 19.3 Å². The van der Waals surface area contributed by atoms with E-state index in [0.29, 0.717) is 23.9 Å². The molecule has 0 aliphatic heterocycles. The third kappa shape index (κ3) is 59.1. The number of unbranched alkanes of at least 4 members (excludes halogenated alkanes) is 25. The Balaban J connectivity index is 5.22. The van der Waals surface area contributed by atoms with Gasteiger partial charge in [-0.1, -0.05) is 246 Å². The Labute approximate surface area is 487 Å². The van der Waals surface area contributed by atoms with E-state index in [2.05, 4.69) is 123 Å². The van der Waals surface area contributed by atoms with Crippen LogP contribution in [0.1, 0.15) is 265 Å². The number of carbonyl (C=O) groups is 2. The van der Waals surface area contributed by atoms with Crippen molar-refractivity contribution in [2.24, 2.45) is 0 Å². The van der Waals surface area contributed by atoms with Gasteiger partial charge in [0.25, 0.3) is 7.82 Å². The van der Waals surface area contributed by atoms with Crippen LogP contribution in [0.2, 0.25) is 0 Å². The van der Waals surface area contributed by atoms with Gasteiger partial charge in [-0.2, -0.15) is 0 Å². The van der Waals surface area contributed by atoms with Crippen molar-refractivity contribution in [1.82, 2.24) is 5.32 Å². The summed E-state index contributed by atoms with van der Waals surface area (Å²) in [5.41, 5.74) is 0. The molecule has 1 N–H and O–H groups in total.